The van der Waals surface area contributed by atoms with Crippen molar-refractivity contribution in [3.63, 3.8) is 0 Å². The Hall–Kier alpha value is -1.07. The zero-order valence-corrected chi connectivity index (χ0v) is 9.61. The highest BCUT2D eigenvalue weighted by Gasteiger charge is 2.10. The summed E-state index contributed by atoms with van der Waals surface area (Å²) in [5.41, 5.74) is 5.32. The lowest BCUT2D eigenvalue weighted by molar-refractivity contribution is -0.138. The summed E-state index contributed by atoms with van der Waals surface area (Å²) in [7, 11) is 0. The van der Waals surface area contributed by atoms with Crippen molar-refractivity contribution in [2.24, 2.45) is 5.73 Å². The van der Waals surface area contributed by atoms with Crippen molar-refractivity contribution < 1.29 is 14.6 Å². The van der Waals surface area contributed by atoms with Gasteiger partial charge in [0.15, 0.2) is 0 Å². The van der Waals surface area contributed by atoms with Gasteiger partial charge in [-0.1, -0.05) is 22.0 Å². The number of rotatable bonds is 5. The molecule has 5 heteroatoms. The van der Waals surface area contributed by atoms with Crippen molar-refractivity contribution in [1.29, 1.82) is 0 Å². The molecule has 15 heavy (non-hydrogen) atoms. The number of carbonyl (C=O) groups is 1. The Morgan fingerprint density at radius 2 is 2.33 bits per heavy atom. The van der Waals surface area contributed by atoms with E-state index in [4.69, 9.17) is 15.6 Å². The number of hydrogen-bond acceptors (Lipinski definition) is 3. The molecule has 0 unspecified atom stereocenters. The second-order valence-electron chi connectivity index (χ2n) is 3.04. The SMILES string of the molecule is N[C@@H](CCOc1cccc(Br)c1)C(=O)O. The molecule has 1 aromatic carbocycles. The molecule has 0 aliphatic carbocycles. The van der Waals surface area contributed by atoms with Crippen LogP contribution < -0.4 is 10.5 Å². The summed E-state index contributed by atoms with van der Waals surface area (Å²) in [6.45, 7) is 0.296. The molecule has 0 spiro atoms. The van der Waals surface area contributed by atoms with E-state index in [9.17, 15) is 4.79 Å². The van der Waals surface area contributed by atoms with Gasteiger partial charge in [-0.25, -0.2) is 0 Å². The van der Waals surface area contributed by atoms with Crippen molar-refractivity contribution in [1.82, 2.24) is 0 Å². The van der Waals surface area contributed by atoms with Gasteiger partial charge >= 0.3 is 5.97 Å². The first-order chi connectivity index (χ1) is 7.09. The summed E-state index contributed by atoms with van der Waals surface area (Å²) >= 11 is 3.31. The molecule has 0 heterocycles. The van der Waals surface area contributed by atoms with Crippen LogP contribution in [0.25, 0.3) is 0 Å². The van der Waals surface area contributed by atoms with Crippen molar-refractivity contribution in [3.05, 3.63) is 28.7 Å². The monoisotopic (exact) mass is 273 g/mol. The Kier molecular flexibility index (Phi) is 4.58. The first kappa shape index (κ1) is 12.0. The van der Waals surface area contributed by atoms with Crippen molar-refractivity contribution in [3.8, 4) is 5.75 Å². The smallest absolute Gasteiger partial charge is 0.320 e. The van der Waals surface area contributed by atoms with Crippen LogP contribution >= 0.6 is 15.9 Å². The van der Waals surface area contributed by atoms with E-state index in [-0.39, 0.29) is 0 Å². The van der Waals surface area contributed by atoms with Gasteiger partial charge in [-0.15, -0.1) is 0 Å². The third-order valence-electron chi connectivity index (χ3n) is 1.81. The number of carboxylic acids is 1. The fraction of sp³-hybridized carbons (Fsp3) is 0.300. The molecule has 1 aromatic rings. The summed E-state index contributed by atoms with van der Waals surface area (Å²) in [6, 6.07) is 6.48. The molecule has 82 valence electrons. The molecular weight excluding hydrogens is 262 g/mol. The molecule has 0 radical (unpaired) electrons. The van der Waals surface area contributed by atoms with E-state index in [1.165, 1.54) is 0 Å². The average Bonchev–Trinajstić information content (AvgIpc) is 2.17. The lowest BCUT2D eigenvalue weighted by Crippen LogP contribution is -2.31. The molecule has 0 saturated carbocycles. The van der Waals surface area contributed by atoms with Crippen LogP contribution in [-0.2, 0) is 4.79 Å². The standard InChI is InChI=1S/C10H12BrNO3/c11-7-2-1-3-8(6-7)15-5-4-9(12)10(13)14/h1-3,6,9H,4-5,12H2,(H,13,14)/t9-/m0/s1. The predicted molar refractivity (Wildman–Crippen MR) is 59.9 cm³/mol. The maximum absolute atomic E-state index is 10.4. The number of benzene rings is 1. The molecule has 0 amide bonds. The minimum absolute atomic E-state index is 0.293. The highest BCUT2D eigenvalue weighted by Crippen LogP contribution is 2.17. The number of hydrogen-bond donors (Lipinski definition) is 2. The summed E-state index contributed by atoms with van der Waals surface area (Å²) in [6.07, 6.45) is 0.293. The summed E-state index contributed by atoms with van der Waals surface area (Å²) in [5, 5.41) is 8.54. The zero-order valence-electron chi connectivity index (χ0n) is 8.02. The van der Waals surface area contributed by atoms with Gasteiger partial charge < -0.3 is 15.6 Å². The van der Waals surface area contributed by atoms with Crippen molar-refractivity contribution in [2.45, 2.75) is 12.5 Å². The van der Waals surface area contributed by atoms with Gasteiger partial charge in [0.25, 0.3) is 0 Å². The first-order valence-electron chi connectivity index (χ1n) is 4.46. The Labute approximate surface area is 96.2 Å². The number of aliphatic carboxylic acids is 1. The normalized spacial score (nSPS) is 12.1. The second-order valence-corrected chi connectivity index (χ2v) is 3.95. The van der Waals surface area contributed by atoms with E-state index in [1.807, 2.05) is 18.2 Å². The van der Waals surface area contributed by atoms with Crippen molar-refractivity contribution in [2.75, 3.05) is 6.61 Å². The summed E-state index contributed by atoms with van der Waals surface area (Å²) in [4.78, 5) is 10.4. The van der Waals surface area contributed by atoms with E-state index in [0.29, 0.717) is 18.8 Å². The van der Waals surface area contributed by atoms with E-state index >= 15 is 0 Å². The third-order valence-corrected chi connectivity index (χ3v) is 2.30. The van der Waals surface area contributed by atoms with E-state index in [2.05, 4.69) is 15.9 Å². The quantitative estimate of drug-likeness (QED) is 0.856. The minimum atomic E-state index is -1.01. The van der Waals surface area contributed by atoms with E-state index in [0.717, 1.165) is 4.47 Å². The molecule has 0 aliphatic rings. The van der Waals surface area contributed by atoms with E-state index in [1.54, 1.807) is 6.07 Å². The van der Waals surface area contributed by atoms with Gasteiger partial charge in [0.05, 0.1) is 6.61 Å². The summed E-state index contributed by atoms with van der Waals surface area (Å²) in [5.74, 6) is -0.310. The van der Waals surface area contributed by atoms with Gasteiger partial charge in [0, 0.05) is 10.9 Å². The van der Waals surface area contributed by atoms with Crippen LogP contribution in [0.1, 0.15) is 6.42 Å². The molecule has 0 aliphatic heterocycles. The molecule has 1 atom stereocenters. The van der Waals surface area contributed by atoms with Crippen LogP contribution in [0.3, 0.4) is 0 Å². The topological polar surface area (TPSA) is 72.5 Å². The largest absolute Gasteiger partial charge is 0.493 e. The predicted octanol–water partition coefficient (Wildman–Crippen LogP) is 1.63. The fourth-order valence-corrected chi connectivity index (χ4v) is 1.36. The zero-order chi connectivity index (χ0) is 11.3. The molecule has 3 N–H and O–H groups in total. The maximum Gasteiger partial charge on any atom is 0.320 e. The van der Waals surface area contributed by atoms with Gasteiger partial charge in [0.1, 0.15) is 11.8 Å². The second kappa shape index (κ2) is 5.72. The highest BCUT2D eigenvalue weighted by atomic mass is 79.9. The van der Waals surface area contributed by atoms with E-state index < -0.39 is 12.0 Å². The lowest BCUT2D eigenvalue weighted by atomic mass is 10.2. The van der Waals surface area contributed by atoms with Crippen LogP contribution in [0.4, 0.5) is 0 Å². The summed E-state index contributed by atoms with van der Waals surface area (Å²) < 4.78 is 6.25. The van der Waals surface area contributed by atoms with Gasteiger partial charge in [-0.3, -0.25) is 4.79 Å². The van der Waals surface area contributed by atoms with Gasteiger partial charge in [-0.05, 0) is 18.2 Å². The highest BCUT2D eigenvalue weighted by molar-refractivity contribution is 9.10. The lowest BCUT2D eigenvalue weighted by Gasteiger charge is -2.08. The average molecular weight is 274 g/mol. The molecule has 0 bridgehead atoms. The molecule has 4 nitrogen and oxygen atoms in total. The molecular formula is C10H12BrNO3. The molecule has 0 aromatic heterocycles. The Bertz CT molecular complexity index is 343. The Balaban J connectivity index is 2.35. The van der Waals surface area contributed by atoms with Crippen LogP contribution in [0.15, 0.2) is 28.7 Å². The van der Waals surface area contributed by atoms with Crippen molar-refractivity contribution >= 4 is 21.9 Å². The molecule has 0 saturated heterocycles. The number of halogens is 1. The Morgan fingerprint density at radius 3 is 2.93 bits per heavy atom. The Morgan fingerprint density at radius 1 is 1.60 bits per heavy atom. The maximum atomic E-state index is 10.4. The van der Waals surface area contributed by atoms with Crippen LogP contribution in [-0.4, -0.2) is 23.7 Å². The third kappa shape index (κ3) is 4.31. The number of ether oxygens (including phenoxy) is 1. The van der Waals surface area contributed by atoms with Gasteiger partial charge in [0.2, 0.25) is 0 Å². The van der Waals surface area contributed by atoms with Gasteiger partial charge in [-0.2, -0.15) is 0 Å². The van der Waals surface area contributed by atoms with Crippen LogP contribution in [0.2, 0.25) is 0 Å². The van der Waals surface area contributed by atoms with Crippen LogP contribution in [0, 0.1) is 0 Å². The fourth-order valence-electron chi connectivity index (χ4n) is 0.984. The molecule has 0 fully saturated rings. The first-order valence-corrected chi connectivity index (χ1v) is 5.25. The molecule has 1 rings (SSSR count). The number of nitrogens with two attached hydrogens (primary N) is 1. The minimum Gasteiger partial charge on any atom is -0.493 e. The van der Waals surface area contributed by atoms with Crippen LogP contribution in [0.5, 0.6) is 5.75 Å². The number of carboxylic acid groups (broad SMARTS) is 1.